The predicted octanol–water partition coefficient (Wildman–Crippen LogP) is 3.53. The van der Waals surface area contributed by atoms with Crippen LogP contribution in [0, 0.1) is 5.92 Å². The minimum Gasteiger partial charge on any atom is -0.447 e. The molecule has 0 spiro atoms. The summed E-state index contributed by atoms with van der Waals surface area (Å²) in [5.41, 5.74) is 0.505. The van der Waals surface area contributed by atoms with Gasteiger partial charge in [0.1, 0.15) is 5.76 Å². The number of amides is 1. The van der Waals surface area contributed by atoms with Gasteiger partial charge in [-0.2, -0.15) is 0 Å². The van der Waals surface area contributed by atoms with Crippen LogP contribution in [0.15, 0.2) is 10.8 Å². The summed E-state index contributed by atoms with van der Waals surface area (Å²) < 4.78 is 5.42. The largest absolute Gasteiger partial charge is 0.447 e. The number of hydrogen-bond acceptors (Lipinski definition) is 4. The molecule has 0 radical (unpaired) electrons. The monoisotopic (exact) mass is 333 g/mol. The zero-order valence-corrected chi connectivity index (χ0v) is 15.2. The fourth-order valence-corrected chi connectivity index (χ4v) is 4.07. The molecule has 2 fully saturated rings. The van der Waals surface area contributed by atoms with Gasteiger partial charge in [-0.3, -0.25) is 4.79 Å². The van der Waals surface area contributed by atoms with E-state index in [1.54, 1.807) is 0 Å². The van der Waals surface area contributed by atoms with Gasteiger partial charge in [0.25, 0.3) is 5.91 Å². The van der Waals surface area contributed by atoms with Crippen LogP contribution in [0.4, 0.5) is 0 Å². The van der Waals surface area contributed by atoms with Crippen molar-refractivity contribution >= 4 is 5.91 Å². The molecule has 3 rings (SSSR count). The molecule has 5 nitrogen and oxygen atoms in total. The molecule has 1 amide bonds. The smallest absolute Gasteiger partial charge is 0.276 e. The van der Waals surface area contributed by atoms with E-state index in [0.29, 0.717) is 11.5 Å². The molecule has 1 aromatic heterocycles. The van der Waals surface area contributed by atoms with Crippen molar-refractivity contribution in [3.63, 3.8) is 0 Å². The van der Waals surface area contributed by atoms with Gasteiger partial charge in [0.2, 0.25) is 0 Å². The first-order valence-electron chi connectivity index (χ1n) is 9.60. The second-order valence-electron chi connectivity index (χ2n) is 7.67. The number of hydrogen-bond donors (Lipinski definition) is 0. The lowest BCUT2D eigenvalue weighted by atomic mass is 9.89. The number of aromatic nitrogens is 1. The molecular weight excluding hydrogens is 302 g/mol. The van der Waals surface area contributed by atoms with Crippen LogP contribution in [-0.2, 0) is 0 Å². The topological polar surface area (TPSA) is 49.6 Å². The zero-order valence-electron chi connectivity index (χ0n) is 15.2. The highest BCUT2D eigenvalue weighted by Gasteiger charge is 2.27. The van der Waals surface area contributed by atoms with Crippen LogP contribution < -0.4 is 0 Å². The number of carbonyl (C=O) groups is 1. The molecule has 0 aromatic carbocycles. The summed E-state index contributed by atoms with van der Waals surface area (Å²) in [5.74, 6) is 1.79. The number of nitrogens with zero attached hydrogens (tertiary/aromatic N) is 3. The summed E-state index contributed by atoms with van der Waals surface area (Å²) in [6.07, 6.45) is 9.42. The Morgan fingerprint density at radius 3 is 2.71 bits per heavy atom. The molecular formula is C19H31N3O2. The Kier molecular flexibility index (Phi) is 5.93. The summed E-state index contributed by atoms with van der Waals surface area (Å²) in [5, 5.41) is 0. The van der Waals surface area contributed by atoms with Gasteiger partial charge in [-0.25, -0.2) is 4.98 Å². The van der Waals surface area contributed by atoms with E-state index in [2.05, 4.69) is 9.88 Å². The molecule has 0 N–H and O–H groups in total. The van der Waals surface area contributed by atoms with Crippen molar-refractivity contribution in [1.29, 1.82) is 0 Å². The quantitative estimate of drug-likeness (QED) is 0.846. The highest BCUT2D eigenvalue weighted by Crippen LogP contribution is 2.25. The third kappa shape index (κ3) is 4.18. The molecule has 1 saturated heterocycles. The molecule has 0 unspecified atom stereocenters. The average Bonchev–Trinajstić information content (AvgIpc) is 2.97. The molecule has 5 heteroatoms. The fraction of sp³-hybridized carbons (Fsp3) is 0.789. The first kappa shape index (κ1) is 17.5. The number of rotatable bonds is 4. The van der Waals surface area contributed by atoms with Crippen LogP contribution in [0.1, 0.15) is 74.5 Å². The Balaban J connectivity index is 1.56. The molecule has 2 heterocycles. The van der Waals surface area contributed by atoms with Crippen LogP contribution in [0.3, 0.4) is 0 Å². The number of oxazole rings is 1. The third-order valence-corrected chi connectivity index (χ3v) is 5.44. The first-order chi connectivity index (χ1) is 11.6. The van der Waals surface area contributed by atoms with E-state index >= 15 is 0 Å². The Morgan fingerprint density at radius 1 is 1.17 bits per heavy atom. The van der Waals surface area contributed by atoms with Gasteiger partial charge in [0.05, 0.1) is 0 Å². The Hall–Kier alpha value is -1.36. The van der Waals surface area contributed by atoms with Crippen molar-refractivity contribution in [2.45, 2.75) is 58.3 Å². The van der Waals surface area contributed by atoms with Crippen molar-refractivity contribution in [2.75, 3.05) is 32.7 Å². The molecule has 1 aliphatic carbocycles. The summed E-state index contributed by atoms with van der Waals surface area (Å²) in [7, 11) is 0. The summed E-state index contributed by atoms with van der Waals surface area (Å²) in [6.45, 7) is 8.99. The van der Waals surface area contributed by atoms with E-state index in [-0.39, 0.29) is 11.8 Å². The van der Waals surface area contributed by atoms with Gasteiger partial charge < -0.3 is 14.2 Å². The molecule has 2 aliphatic rings. The molecule has 134 valence electrons. The van der Waals surface area contributed by atoms with E-state index in [1.165, 1.54) is 45.0 Å². The minimum atomic E-state index is 0.0342. The maximum atomic E-state index is 12.8. The van der Waals surface area contributed by atoms with Gasteiger partial charge in [-0.1, -0.05) is 33.1 Å². The SMILES string of the molecule is CC(C)c1ocnc1C(=O)N1CCCN(CC2CCCCC2)CC1. The molecule has 0 atom stereocenters. The van der Waals surface area contributed by atoms with Gasteiger partial charge in [-0.15, -0.1) is 0 Å². The van der Waals surface area contributed by atoms with Crippen LogP contribution in [0.2, 0.25) is 0 Å². The maximum Gasteiger partial charge on any atom is 0.276 e. The Morgan fingerprint density at radius 2 is 1.96 bits per heavy atom. The molecule has 1 saturated carbocycles. The van der Waals surface area contributed by atoms with E-state index in [4.69, 9.17) is 4.42 Å². The van der Waals surface area contributed by atoms with Crippen LogP contribution in [-0.4, -0.2) is 53.4 Å². The van der Waals surface area contributed by atoms with Crippen molar-refractivity contribution in [2.24, 2.45) is 5.92 Å². The van der Waals surface area contributed by atoms with Crippen LogP contribution >= 0.6 is 0 Å². The lowest BCUT2D eigenvalue weighted by molar-refractivity contribution is 0.0752. The van der Waals surface area contributed by atoms with E-state index < -0.39 is 0 Å². The van der Waals surface area contributed by atoms with E-state index in [1.807, 2.05) is 18.7 Å². The van der Waals surface area contributed by atoms with Gasteiger partial charge >= 0.3 is 0 Å². The Labute approximate surface area is 145 Å². The van der Waals surface area contributed by atoms with Gasteiger partial charge in [-0.05, 0) is 31.7 Å². The summed E-state index contributed by atoms with van der Waals surface area (Å²) >= 11 is 0. The molecule has 1 aromatic rings. The normalized spacial score (nSPS) is 21.2. The van der Waals surface area contributed by atoms with E-state index in [9.17, 15) is 4.79 Å². The Bertz CT molecular complexity index is 534. The van der Waals surface area contributed by atoms with Crippen molar-refractivity contribution < 1.29 is 9.21 Å². The third-order valence-electron chi connectivity index (χ3n) is 5.44. The molecule has 1 aliphatic heterocycles. The fourth-order valence-electron chi connectivity index (χ4n) is 4.07. The molecule has 24 heavy (non-hydrogen) atoms. The van der Waals surface area contributed by atoms with Crippen molar-refractivity contribution in [3.05, 3.63) is 17.8 Å². The van der Waals surface area contributed by atoms with Crippen LogP contribution in [0.5, 0.6) is 0 Å². The highest BCUT2D eigenvalue weighted by molar-refractivity contribution is 5.93. The first-order valence-corrected chi connectivity index (χ1v) is 9.60. The van der Waals surface area contributed by atoms with Crippen LogP contribution in [0.25, 0.3) is 0 Å². The summed E-state index contributed by atoms with van der Waals surface area (Å²) in [6, 6.07) is 0. The lowest BCUT2D eigenvalue weighted by Crippen LogP contribution is -2.37. The number of carbonyl (C=O) groups excluding carboxylic acids is 1. The maximum absolute atomic E-state index is 12.8. The standard InChI is InChI=1S/C19H31N3O2/c1-15(2)18-17(20-14-24-18)19(23)22-10-6-9-21(11-12-22)13-16-7-4-3-5-8-16/h14-16H,3-13H2,1-2H3. The second kappa shape index (κ2) is 8.15. The minimum absolute atomic E-state index is 0.0342. The summed E-state index contributed by atoms with van der Waals surface area (Å²) in [4.78, 5) is 21.5. The second-order valence-corrected chi connectivity index (χ2v) is 7.67. The average molecular weight is 333 g/mol. The zero-order chi connectivity index (χ0) is 16.9. The molecule has 0 bridgehead atoms. The van der Waals surface area contributed by atoms with Gasteiger partial charge in [0.15, 0.2) is 12.1 Å². The lowest BCUT2D eigenvalue weighted by Gasteiger charge is -2.28. The predicted molar refractivity (Wildman–Crippen MR) is 94.1 cm³/mol. The van der Waals surface area contributed by atoms with Crippen molar-refractivity contribution in [3.8, 4) is 0 Å². The van der Waals surface area contributed by atoms with Crippen molar-refractivity contribution in [1.82, 2.24) is 14.8 Å². The van der Waals surface area contributed by atoms with Gasteiger partial charge in [0, 0.05) is 32.1 Å². The highest BCUT2D eigenvalue weighted by atomic mass is 16.3. The van der Waals surface area contributed by atoms with E-state index in [0.717, 1.165) is 38.5 Å².